The molecule has 1 aromatic carbocycles. The lowest BCUT2D eigenvalue weighted by atomic mass is 10.2. The maximum absolute atomic E-state index is 11.4. The van der Waals surface area contributed by atoms with Crippen LogP contribution in [0.1, 0.15) is 10.5 Å². The molecule has 1 aromatic heterocycles. The van der Waals surface area contributed by atoms with E-state index in [1.54, 1.807) is 6.20 Å². The van der Waals surface area contributed by atoms with Crippen molar-refractivity contribution in [2.75, 3.05) is 12.8 Å². The Morgan fingerprint density at radius 3 is 2.79 bits per heavy atom. The molecule has 2 aromatic rings. The highest BCUT2D eigenvalue weighted by molar-refractivity contribution is 5.91. The number of nitrogens with two attached hydrogens (primary N) is 1. The average Bonchev–Trinajstić information content (AvgIpc) is 2.87. The molecule has 0 aliphatic heterocycles. The van der Waals surface area contributed by atoms with Crippen LogP contribution in [-0.2, 0) is 0 Å². The van der Waals surface area contributed by atoms with E-state index in [0.717, 1.165) is 0 Å². The van der Waals surface area contributed by atoms with E-state index >= 15 is 0 Å². The molecule has 8 heteroatoms. The van der Waals surface area contributed by atoms with Crippen LogP contribution in [0.15, 0.2) is 30.5 Å². The molecule has 19 heavy (non-hydrogen) atoms. The van der Waals surface area contributed by atoms with Gasteiger partial charge in [-0.3, -0.25) is 14.9 Å². The number of nitro groups is 1. The van der Waals surface area contributed by atoms with E-state index in [-0.39, 0.29) is 23.0 Å². The second-order valence-electron chi connectivity index (χ2n) is 3.72. The fraction of sp³-hybridized carbons (Fsp3) is 0.0909. The van der Waals surface area contributed by atoms with Gasteiger partial charge < -0.3 is 11.1 Å². The predicted octanol–water partition coefficient (Wildman–Crippen LogP) is 0.722. The summed E-state index contributed by atoms with van der Waals surface area (Å²) in [4.78, 5) is 21.5. The van der Waals surface area contributed by atoms with Crippen LogP contribution in [0.25, 0.3) is 5.69 Å². The fourth-order valence-corrected chi connectivity index (χ4v) is 1.57. The monoisotopic (exact) mass is 261 g/mol. The summed E-state index contributed by atoms with van der Waals surface area (Å²) >= 11 is 0. The molecule has 98 valence electrons. The molecule has 0 radical (unpaired) electrons. The van der Waals surface area contributed by atoms with Gasteiger partial charge in [0.25, 0.3) is 11.6 Å². The number of carbonyl (C=O) groups is 1. The summed E-state index contributed by atoms with van der Waals surface area (Å²) in [5, 5.41) is 17.1. The summed E-state index contributed by atoms with van der Waals surface area (Å²) in [6.45, 7) is 0. The predicted molar refractivity (Wildman–Crippen MR) is 68.0 cm³/mol. The Morgan fingerprint density at radius 1 is 1.47 bits per heavy atom. The van der Waals surface area contributed by atoms with Crippen LogP contribution in [-0.4, -0.2) is 27.7 Å². The number of nitrogens with zero attached hydrogens (tertiary/aromatic N) is 3. The molecular weight excluding hydrogens is 250 g/mol. The van der Waals surface area contributed by atoms with Gasteiger partial charge >= 0.3 is 0 Å². The minimum atomic E-state index is -0.529. The van der Waals surface area contributed by atoms with Crippen LogP contribution >= 0.6 is 0 Å². The summed E-state index contributed by atoms with van der Waals surface area (Å²) in [5.41, 5.74) is 6.56. The minimum absolute atomic E-state index is 0.0973. The lowest BCUT2D eigenvalue weighted by molar-refractivity contribution is -0.384. The molecule has 0 fully saturated rings. The van der Waals surface area contributed by atoms with Gasteiger partial charge in [-0.25, -0.2) is 4.68 Å². The number of hydrogen-bond acceptors (Lipinski definition) is 5. The maximum Gasteiger partial charge on any atom is 0.271 e. The molecule has 8 nitrogen and oxygen atoms in total. The zero-order valence-electron chi connectivity index (χ0n) is 10.0. The Labute approximate surface area is 108 Å². The molecule has 0 spiro atoms. The zero-order chi connectivity index (χ0) is 14.0. The van der Waals surface area contributed by atoms with Crippen LogP contribution in [0, 0.1) is 10.1 Å². The summed E-state index contributed by atoms with van der Waals surface area (Å²) in [6, 6.07) is 5.58. The van der Waals surface area contributed by atoms with Gasteiger partial charge in [0.15, 0.2) is 5.69 Å². The second-order valence-corrected chi connectivity index (χ2v) is 3.72. The molecular formula is C11H11N5O3. The first-order valence-corrected chi connectivity index (χ1v) is 5.35. The molecule has 2 rings (SSSR count). The first-order valence-electron chi connectivity index (χ1n) is 5.35. The van der Waals surface area contributed by atoms with Crippen molar-refractivity contribution in [1.29, 1.82) is 0 Å². The molecule has 0 bridgehead atoms. The van der Waals surface area contributed by atoms with Gasteiger partial charge in [-0.1, -0.05) is 0 Å². The van der Waals surface area contributed by atoms with Crippen molar-refractivity contribution in [2.45, 2.75) is 0 Å². The Morgan fingerprint density at radius 2 is 2.21 bits per heavy atom. The number of amides is 1. The van der Waals surface area contributed by atoms with Crippen molar-refractivity contribution in [1.82, 2.24) is 15.1 Å². The Balaban J connectivity index is 2.39. The zero-order valence-corrected chi connectivity index (χ0v) is 10.0. The number of aromatic nitrogens is 2. The molecule has 1 heterocycles. The number of non-ortho nitro benzene ring substituents is 1. The third-order valence-corrected chi connectivity index (χ3v) is 2.52. The summed E-state index contributed by atoms with van der Waals surface area (Å²) < 4.78 is 1.39. The van der Waals surface area contributed by atoms with Gasteiger partial charge in [0.1, 0.15) is 0 Å². The largest absolute Gasteiger partial charge is 0.397 e. The number of rotatable bonds is 3. The van der Waals surface area contributed by atoms with Crippen molar-refractivity contribution in [3.8, 4) is 5.69 Å². The van der Waals surface area contributed by atoms with Gasteiger partial charge in [0.05, 0.1) is 16.3 Å². The van der Waals surface area contributed by atoms with Crippen molar-refractivity contribution in [2.24, 2.45) is 0 Å². The van der Waals surface area contributed by atoms with Crippen molar-refractivity contribution in [3.05, 3.63) is 46.3 Å². The third-order valence-electron chi connectivity index (χ3n) is 2.52. The molecule has 0 aliphatic carbocycles. The van der Waals surface area contributed by atoms with Gasteiger partial charge in [-0.15, -0.1) is 0 Å². The minimum Gasteiger partial charge on any atom is -0.397 e. The molecule has 0 aliphatic rings. The molecule has 0 atom stereocenters. The van der Waals surface area contributed by atoms with Crippen LogP contribution in [0.4, 0.5) is 11.4 Å². The van der Waals surface area contributed by atoms with Crippen molar-refractivity contribution in [3.63, 3.8) is 0 Å². The van der Waals surface area contributed by atoms with Gasteiger partial charge in [0, 0.05) is 25.4 Å². The van der Waals surface area contributed by atoms with E-state index in [4.69, 9.17) is 5.73 Å². The van der Waals surface area contributed by atoms with Crippen LogP contribution < -0.4 is 11.1 Å². The summed E-state index contributed by atoms with van der Waals surface area (Å²) in [7, 11) is 1.50. The fourth-order valence-electron chi connectivity index (χ4n) is 1.57. The SMILES string of the molecule is CNC(=O)c1ccn(-c2ccc([N+](=O)[O-])cc2N)n1. The second kappa shape index (κ2) is 4.77. The van der Waals surface area contributed by atoms with E-state index in [9.17, 15) is 14.9 Å². The number of nitro benzene ring substituents is 1. The highest BCUT2D eigenvalue weighted by atomic mass is 16.6. The average molecular weight is 261 g/mol. The van der Waals surface area contributed by atoms with Crippen molar-refractivity contribution < 1.29 is 9.72 Å². The lowest BCUT2D eigenvalue weighted by Crippen LogP contribution is -2.18. The highest BCUT2D eigenvalue weighted by Gasteiger charge is 2.12. The molecule has 0 saturated carbocycles. The summed E-state index contributed by atoms with van der Waals surface area (Å²) in [6.07, 6.45) is 1.56. The Bertz CT molecular complexity index is 650. The van der Waals surface area contributed by atoms with Gasteiger partial charge in [-0.2, -0.15) is 5.10 Å². The van der Waals surface area contributed by atoms with Gasteiger partial charge in [-0.05, 0) is 12.1 Å². The number of nitrogen functional groups attached to an aromatic ring is 1. The smallest absolute Gasteiger partial charge is 0.271 e. The van der Waals surface area contributed by atoms with Gasteiger partial charge in [0.2, 0.25) is 0 Å². The van der Waals surface area contributed by atoms with E-state index < -0.39 is 4.92 Å². The topological polar surface area (TPSA) is 116 Å². The third kappa shape index (κ3) is 2.37. The Kier molecular flexibility index (Phi) is 3.15. The number of carbonyl (C=O) groups excluding carboxylic acids is 1. The molecule has 0 saturated heterocycles. The van der Waals surface area contributed by atoms with E-state index in [2.05, 4.69) is 10.4 Å². The Hall–Kier alpha value is -2.90. The molecule has 0 unspecified atom stereocenters. The number of benzene rings is 1. The van der Waals surface area contributed by atoms with Crippen molar-refractivity contribution >= 4 is 17.3 Å². The number of hydrogen-bond donors (Lipinski definition) is 2. The van der Waals surface area contributed by atoms with E-state index in [0.29, 0.717) is 5.69 Å². The number of nitrogens with one attached hydrogen (secondary N) is 1. The maximum atomic E-state index is 11.4. The first-order chi connectivity index (χ1) is 9.02. The van der Waals surface area contributed by atoms with E-state index in [1.165, 1.54) is 36.0 Å². The normalized spacial score (nSPS) is 10.2. The molecule has 1 amide bonds. The highest BCUT2D eigenvalue weighted by Crippen LogP contribution is 2.22. The quantitative estimate of drug-likeness (QED) is 0.479. The van der Waals surface area contributed by atoms with Crippen LogP contribution in [0.5, 0.6) is 0 Å². The van der Waals surface area contributed by atoms with Crippen LogP contribution in [0.2, 0.25) is 0 Å². The first kappa shape index (κ1) is 12.6. The summed E-state index contributed by atoms with van der Waals surface area (Å²) in [5.74, 6) is -0.320. The number of anilines is 1. The van der Waals surface area contributed by atoms with E-state index in [1.807, 2.05) is 0 Å². The van der Waals surface area contributed by atoms with Crippen LogP contribution in [0.3, 0.4) is 0 Å². The molecule has 3 N–H and O–H groups in total. The lowest BCUT2D eigenvalue weighted by Gasteiger charge is -2.05. The standard InChI is InChI=1S/C11H11N5O3/c1-13-11(17)9-4-5-15(14-9)10-3-2-7(16(18)19)6-8(10)12/h2-6H,12H2,1H3,(H,13,17).